The summed E-state index contributed by atoms with van der Waals surface area (Å²) in [6.45, 7) is 4.78. The smallest absolute Gasteiger partial charge is 0.273 e. The fourth-order valence-electron chi connectivity index (χ4n) is 5.11. The van der Waals surface area contributed by atoms with E-state index >= 15 is 0 Å². The van der Waals surface area contributed by atoms with Crippen LogP contribution in [0, 0.1) is 28.8 Å². The molecule has 0 saturated carbocycles. The van der Waals surface area contributed by atoms with E-state index in [2.05, 4.69) is 5.32 Å². The number of nitro benzene ring substituents is 1. The van der Waals surface area contributed by atoms with E-state index in [-0.39, 0.29) is 30.1 Å². The molecule has 4 aromatic carbocycles. The molecule has 0 spiro atoms. The Bertz CT molecular complexity index is 1870. The minimum atomic E-state index is -4.59. The number of methoxy groups -OCH3 is 1. The molecule has 1 unspecified atom stereocenters. The van der Waals surface area contributed by atoms with Crippen LogP contribution in [0.4, 0.5) is 15.8 Å². The fourth-order valence-corrected chi connectivity index (χ4v) is 6.55. The number of anilines is 1. The largest absolute Gasteiger partial charge is 0.497 e. The van der Waals surface area contributed by atoms with Gasteiger partial charge in [0.15, 0.2) is 0 Å². The number of ether oxygens (including phenoxy) is 1. The third kappa shape index (κ3) is 9.41. The molecule has 0 fully saturated rings. The van der Waals surface area contributed by atoms with Gasteiger partial charge in [0.05, 0.1) is 22.6 Å². The second kappa shape index (κ2) is 16.2. The van der Waals surface area contributed by atoms with Crippen LogP contribution in [0.3, 0.4) is 0 Å². The Morgan fingerprint density at radius 1 is 0.939 bits per heavy atom. The van der Waals surface area contributed by atoms with Gasteiger partial charge >= 0.3 is 0 Å². The molecule has 49 heavy (non-hydrogen) atoms. The monoisotopic (exact) mass is 690 g/mol. The van der Waals surface area contributed by atoms with Crippen molar-refractivity contribution in [3.05, 3.63) is 130 Å². The van der Waals surface area contributed by atoms with Gasteiger partial charge in [-0.1, -0.05) is 62.4 Å². The molecular weight excluding hydrogens is 651 g/mol. The number of amides is 2. The molecule has 1 N–H and O–H groups in total. The molecule has 0 aliphatic carbocycles. The Morgan fingerprint density at radius 3 is 2.18 bits per heavy atom. The first-order chi connectivity index (χ1) is 23.3. The van der Waals surface area contributed by atoms with E-state index in [1.807, 2.05) is 44.2 Å². The van der Waals surface area contributed by atoms with Crippen LogP contribution in [0.2, 0.25) is 0 Å². The molecule has 1 atom stereocenters. The number of rotatable bonds is 15. The lowest BCUT2D eigenvalue weighted by Gasteiger charge is -2.34. The topological polar surface area (TPSA) is 139 Å². The summed E-state index contributed by atoms with van der Waals surface area (Å²) < 4.78 is 48.5. The van der Waals surface area contributed by atoms with Crippen LogP contribution in [0.5, 0.6) is 5.75 Å². The second-order valence-electron chi connectivity index (χ2n) is 11.9. The standard InChI is InChI=1S/C36H39FN4O7S/c1-25(2)22-38-36(43)34(20-27-8-6-5-7-9-27)39(23-28-11-13-29(37)14-12-28)35(42)24-40(30-15-17-31(48-4)18-16-30)49(46,47)32-19-10-26(3)33(21-32)41(44)45/h5-19,21,25,34H,20,22-24H2,1-4H3,(H,38,43). The zero-order valence-corrected chi connectivity index (χ0v) is 28.5. The van der Waals surface area contributed by atoms with E-state index in [1.165, 1.54) is 79.6 Å². The van der Waals surface area contributed by atoms with Crippen molar-refractivity contribution in [1.82, 2.24) is 10.2 Å². The average molecular weight is 691 g/mol. The molecule has 258 valence electrons. The number of nitrogens with zero attached hydrogens (tertiary/aromatic N) is 3. The van der Waals surface area contributed by atoms with Gasteiger partial charge in [0, 0.05) is 31.1 Å². The van der Waals surface area contributed by atoms with Crippen molar-refractivity contribution in [3.8, 4) is 5.75 Å². The van der Waals surface area contributed by atoms with Crippen molar-refractivity contribution in [3.63, 3.8) is 0 Å². The molecule has 13 heteroatoms. The molecule has 0 radical (unpaired) electrons. The first-order valence-corrected chi connectivity index (χ1v) is 17.0. The first-order valence-electron chi connectivity index (χ1n) is 15.6. The van der Waals surface area contributed by atoms with Crippen molar-refractivity contribution in [2.24, 2.45) is 5.92 Å². The number of nitro groups is 1. The van der Waals surface area contributed by atoms with Gasteiger partial charge < -0.3 is 15.0 Å². The van der Waals surface area contributed by atoms with Crippen molar-refractivity contribution in [2.75, 3.05) is 24.5 Å². The molecule has 0 aromatic heterocycles. The van der Waals surface area contributed by atoms with Crippen molar-refractivity contribution < 1.29 is 32.1 Å². The number of benzene rings is 4. The Balaban J connectivity index is 1.83. The molecule has 0 heterocycles. The predicted molar refractivity (Wildman–Crippen MR) is 184 cm³/mol. The maximum absolute atomic E-state index is 14.5. The van der Waals surface area contributed by atoms with E-state index in [0.717, 1.165) is 15.9 Å². The Hall–Kier alpha value is -5.30. The minimum Gasteiger partial charge on any atom is -0.497 e. The maximum Gasteiger partial charge on any atom is 0.273 e. The van der Waals surface area contributed by atoms with Crippen LogP contribution in [-0.2, 0) is 32.6 Å². The van der Waals surface area contributed by atoms with Gasteiger partial charge in [-0.25, -0.2) is 12.8 Å². The molecule has 0 bridgehead atoms. The molecule has 0 aliphatic heterocycles. The number of carbonyl (C=O) groups is 2. The maximum atomic E-state index is 14.5. The van der Waals surface area contributed by atoms with Gasteiger partial charge in [0.2, 0.25) is 11.8 Å². The van der Waals surface area contributed by atoms with E-state index in [4.69, 9.17) is 4.74 Å². The number of hydrogen-bond donors (Lipinski definition) is 1. The zero-order valence-electron chi connectivity index (χ0n) is 27.7. The van der Waals surface area contributed by atoms with Crippen LogP contribution in [0.15, 0.2) is 102 Å². The van der Waals surface area contributed by atoms with Gasteiger partial charge in [-0.15, -0.1) is 0 Å². The first kappa shape index (κ1) is 36.5. The summed E-state index contributed by atoms with van der Waals surface area (Å²) in [6.07, 6.45) is 0.108. The van der Waals surface area contributed by atoms with Crippen molar-refractivity contribution in [1.29, 1.82) is 0 Å². The number of carbonyl (C=O) groups excluding carboxylic acids is 2. The summed E-state index contributed by atoms with van der Waals surface area (Å²) >= 11 is 0. The normalized spacial score (nSPS) is 11.9. The number of nitrogens with one attached hydrogen (secondary N) is 1. The van der Waals surface area contributed by atoms with Gasteiger partial charge in [-0.2, -0.15) is 0 Å². The average Bonchev–Trinajstić information content (AvgIpc) is 3.08. The number of sulfonamides is 1. The van der Waals surface area contributed by atoms with Crippen molar-refractivity contribution in [2.45, 2.75) is 44.7 Å². The zero-order chi connectivity index (χ0) is 35.7. The fraction of sp³-hybridized carbons (Fsp3) is 0.278. The second-order valence-corrected chi connectivity index (χ2v) is 13.8. The Kier molecular flexibility index (Phi) is 12.1. The SMILES string of the molecule is COc1ccc(N(CC(=O)N(Cc2ccc(F)cc2)C(Cc2ccccc2)C(=O)NCC(C)C)S(=O)(=O)c2ccc(C)c([N+](=O)[O-])c2)cc1. The molecule has 0 saturated heterocycles. The highest BCUT2D eigenvalue weighted by atomic mass is 32.2. The summed E-state index contributed by atoms with van der Waals surface area (Å²) in [5.41, 5.74) is 1.22. The third-order valence-corrected chi connectivity index (χ3v) is 9.60. The molecule has 4 aromatic rings. The lowest BCUT2D eigenvalue weighted by molar-refractivity contribution is -0.385. The summed E-state index contributed by atoms with van der Waals surface area (Å²) in [5, 5.41) is 14.6. The van der Waals surface area contributed by atoms with Crippen LogP contribution in [0.25, 0.3) is 0 Å². The molecule has 4 rings (SSSR count). The summed E-state index contributed by atoms with van der Waals surface area (Å²) in [6, 6.07) is 22.9. The van der Waals surface area contributed by atoms with Crippen molar-refractivity contribution >= 4 is 33.2 Å². The highest BCUT2D eigenvalue weighted by Gasteiger charge is 2.35. The lowest BCUT2D eigenvalue weighted by atomic mass is 10.0. The van der Waals surface area contributed by atoms with Crippen LogP contribution in [-0.4, -0.2) is 56.3 Å². The molecule has 0 aliphatic rings. The molecular formula is C36H39FN4O7S. The minimum absolute atomic E-state index is 0.0861. The number of aryl methyl sites for hydroxylation is 1. The van der Waals surface area contributed by atoms with E-state index < -0.39 is 55.7 Å². The third-order valence-electron chi connectivity index (χ3n) is 7.83. The molecule has 11 nitrogen and oxygen atoms in total. The van der Waals surface area contributed by atoms with Gasteiger partial charge in [0.25, 0.3) is 15.7 Å². The predicted octanol–water partition coefficient (Wildman–Crippen LogP) is 5.66. The highest BCUT2D eigenvalue weighted by molar-refractivity contribution is 7.92. The van der Waals surface area contributed by atoms with Gasteiger partial charge in [0.1, 0.15) is 24.2 Å². The number of hydrogen-bond acceptors (Lipinski definition) is 7. The Morgan fingerprint density at radius 2 is 1.59 bits per heavy atom. The summed E-state index contributed by atoms with van der Waals surface area (Å²) in [4.78, 5) is 40.3. The highest BCUT2D eigenvalue weighted by Crippen LogP contribution is 2.30. The van der Waals surface area contributed by atoms with E-state index in [1.54, 1.807) is 0 Å². The lowest BCUT2D eigenvalue weighted by Crippen LogP contribution is -2.53. The number of halogens is 1. The van der Waals surface area contributed by atoms with E-state index in [9.17, 15) is 32.5 Å². The quantitative estimate of drug-likeness (QED) is 0.126. The van der Waals surface area contributed by atoms with Crippen LogP contribution >= 0.6 is 0 Å². The van der Waals surface area contributed by atoms with Crippen LogP contribution in [0.1, 0.15) is 30.5 Å². The van der Waals surface area contributed by atoms with Gasteiger partial charge in [-0.05, 0) is 66.4 Å². The Labute approximate surface area is 285 Å². The van der Waals surface area contributed by atoms with Crippen LogP contribution < -0.4 is 14.4 Å². The summed E-state index contributed by atoms with van der Waals surface area (Å²) in [7, 11) is -3.14. The van der Waals surface area contributed by atoms with E-state index in [0.29, 0.717) is 17.9 Å². The molecule has 2 amide bonds. The summed E-state index contributed by atoms with van der Waals surface area (Å²) in [5.74, 6) is -1.12. The van der Waals surface area contributed by atoms with Gasteiger partial charge in [-0.3, -0.25) is 24.0 Å².